The summed E-state index contributed by atoms with van der Waals surface area (Å²) >= 11 is 1.45. The van der Waals surface area contributed by atoms with Crippen LogP contribution >= 0.6 is 11.3 Å². The van der Waals surface area contributed by atoms with E-state index < -0.39 is 12.1 Å². The van der Waals surface area contributed by atoms with Crippen molar-refractivity contribution in [1.82, 2.24) is 5.32 Å². The Bertz CT molecular complexity index is 1170. The molecule has 1 saturated carbocycles. The van der Waals surface area contributed by atoms with Crippen LogP contribution < -0.4 is 24.4 Å². The smallest absolute Gasteiger partial charge is 0.272 e. The standard InChI is InChI=1S/C28H30N2O5S/c1-33-21-15-13-20(14-16-21)30(28(32)24-18-34-22-10-5-6-11-23(22)35-24)26(25-12-7-17-36-25)27(31)29-19-8-3-2-4-9-19/h5-7,10-17,19,24,26H,2-4,8-9,18H2,1H3,(H,29,31). The number of fused-ring (bicyclic) bond motifs is 1. The van der Waals surface area contributed by atoms with Crippen LogP contribution in [0.25, 0.3) is 0 Å². The lowest BCUT2D eigenvalue weighted by molar-refractivity contribution is -0.132. The summed E-state index contributed by atoms with van der Waals surface area (Å²) in [4.78, 5) is 30.3. The summed E-state index contributed by atoms with van der Waals surface area (Å²) in [6, 6.07) is 17.5. The fraction of sp³-hybridized carbons (Fsp3) is 0.357. The van der Waals surface area contributed by atoms with Gasteiger partial charge in [-0.05, 0) is 60.7 Å². The first kappa shape index (κ1) is 24.2. The highest BCUT2D eigenvalue weighted by Gasteiger charge is 2.40. The second-order valence-corrected chi connectivity index (χ2v) is 10.0. The monoisotopic (exact) mass is 506 g/mol. The van der Waals surface area contributed by atoms with Crippen molar-refractivity contribution in [3.8, 4) is 17.2 Å². The molecule has 1 aliphatic carbocycles. The van der Waals surface area contributed by atoms with E-state index in [0.717, 1.165) is 30.6 Å². The van der Waals surface area contributed by atoms with Gasteiger partial charge in [0.15, 0.2) is 11.5 Å². The van der Waals surface area contributed by atoms with Crippen molar-refractivity contribution in [1.29, 1.82) is 0 Å². The van der Waals surface area contributed by atoms with Gasteiger partial charge >= 0.3 is 0 Å². The number of nitrogens with one attached hydrogen (secondary N) is 1. The largest absolute Gasteiger partial charge is 0.497 e. The number of hydrogen-bond donors (Lipinski definition) is 1. The van der Waals surface area contributed by atoms with E-state index in [9.17, 15) is 9.59 Å². The first-order chi connectivity index (χ1) is 17.6. The third-order valence-corrected chi connectivity index (χ3v) is 7.57. The summed E-state index contributed by atoms with van der Waals surface area (Å²) in [7, 11) is 1.59. The van der Waals surface area contributed by atoms with Crippen LogP contribution in [0.2, 0.25) is 0 Å². The number of nitrogens with zero attached hydrogens (tertiary/aromatic N) is 1. The lowest BCUT2D eigenvalue weighted by atomic mass is 9.95. The van der Waals surface area contributed by atoms with E-state index in [4.69, 9.17) is 14.2 Å². The Kier molecular flexibility index (Phi) is 7.41. The number of ether oxygens (including phenoxy) is 3. The maximum atomic E-state index is 14.1. The van der Waals surface area contributed by atoms with E-state index in [-0.39, 0.29) is 24.5 Å². The Hall–Kier alpha value is -3.52. The molecule has 2 unspecified atom stereocenters. The number of methoxy groups -OCH3 is 1. The molecule has 0 bridgehead atoms. The minimum Gasteiger partial charge on any atom is -0.497 e. The quantitative estimate of drug-likeness (QED) is 0.481. The Balaban J connectivity index is 1.50. The molecule has 36 heavy (non-hydrogen) atoms. The molecule has 5 rings (SSSR count). The van der Waals surface area contributed by atoms with Gasteiger partial charge in [-0.3, -0.25) is 14.5 Å². The highest BCUT2D eigenvalue weighted by molar-refractivity contribution is 7.10. The molecule has 188 valence electrons. The Morgan fingerprint density at radius 2 is 1.75 bits per heavy atom. The van der Waals surface area contributed by atoms with E-state index in [1.807, 2.05) is 35.7 Å². The number of benzene rings is 2. The minimum atomic E-state index is -0.896. The van der Waals surface area contributed by atoms with E-state index in [1.165, 1.54) is 17.8 Å². The molecule has 0 radical (unpaired) electrons. The van der Waals surface area contributed by atoms with Gasteiger partial charge in [0, 0.05) is 16.6 Å². The minimum absolute atomic E-state index is 0.0594. The zero-order chi connectivity index (χ0) is 24.9. The number of rotatable bonds is 7. The maximum absolute atomic E-state index is 14.1. The third-order valence-electron chi connectivity index (χ3n) is 6.64. The Morgan fingerprint density at radius 1 is 1.00 bits per heavy atom. The normalized spacial score (nSPS) is 18.2. The zero-order valence-electron chi connectivity index (χ0n) is 20.2. The van der Waals surface area contributed by atoms with Gasteiger partial charge in [0.25, 0.3) is 5.91 Å². The summed E-state index contributed by atoms with van der Waals surface area (Å²) in [5.41, 5.74) is 0.584. The van der Waals surface area contributed by atoms with Gasteiger partial charge in [0.2, 0.25) is 12.0 Å². The molecule has 1 aliphatic heterocycles. The average Bonchev–Trinajstić information content (AvgIpc) is 3.46. The van der Waals surface area contributed by atoms with Gasteiger partial charge < -0.3 is 19.5 Å². The molecule has 0 spiro atoms. The average molecular weight is 507 g/mol. The van der Waals surface area contributed by atoms with Gasteiger partial charge in [-0.2, -0.15) is 0 Å². The van der Waals surface area contributed by atoms with Crippen LogP contribution in [0.5, 0.6) is 17.2 Å². The molecule has 1 N–H and O–H groups in total. The Morgan fingerprint density at radius 3 is 2.44 bits per heavy atom. The number of thiophene rings is 1. The highest BCUT2D eigenvalue weighted by Crippen LogP contribution is 2.36. The third kappa shape index (κ3) is 5.18. The second kappa shape index (κ2) is 11.0. The Labute approximate surface area is 215 Å². The summed E-state index contributed by atoms with van der Waals surface area (Å²) in [5, 5.41) is 5.15. The van der Waals surface area contributed by atoms with Crippen molar-refractivity contribution >= 4 is 28.8 Å². The van der Waals surface area contributed by atoms with Crippen LogP contribution in [0, 0.1) is 0 Å². The first-order valence-corrected chi connectivity index (χ1v) is 13.2. The molecule has 8 heteroatoms. The van der Waals surface area contributed by atoms with Crippen LogP contribution in [0.1, 0.15) is 43.0 Å². The molecule has 7 nitrogen and oxygen atoms in total. The van der Waals surface area contributed by atoms with Gasteiger partial charge in [0.05, 0.1) is 7.11 Å². The fourth-order valence-corrected chi connectivity index (χ4v) is 5.60. The lowest BCUT2D eigenvalue weighted by Gasteiger charge is -2.35. The number of carbonyl (C=O) groups is 2. The van der Waals surface area contributed by atoms with Crippen molar-refractivity contribution < 1.29 is 23.8 Å². The van der Waals surface area contributed by atoms with Crippen LogP contribution in [-0.4, -0.2) is 37.7 Å². The molecule has 2 aromatic carbocycles. The predicted octanol–water partition coefficient (Wildman–Crippen LogP) is 5.12. The molecule has 2 heterocycles. The molecule has 2 atom stereocenters. The van der Waals surface area contributed by atoms with Crippen molar-refractivity contribution in [3.63, 3.8) is 0 Å². The van der Waals surface area contributed by atoms with Crippen molar-refractivity contribution in [2.45, 2.75) is 50.3 Å². The topological polar surface area (TPSA) is 77.1 Å². The van der Waals surface area contributed by atoms with Gasteiger partial charge in [-0.1, -0.05) is 37.5 Å². The number of para-hydroxylation sites is 2. The molecule has 1 fully saturated rings. The summed E-state index contributed by atoms with van der Waals surface area (Å²) in [6.45, 7) is 0.0594. The van der Waals surface area contributed by atoms with Crippen LogP contribution in [0.4, 0.5) is 5.69 Å². The van der Waals surface area contributed by atoms with E-state index in [0.29, 0.717) is 22.9 Å². The predicted molar refractivity (Wildman–Crippen MR) is 139 cm³/mol. The zero-order valence-corrected chi connectivity index (χ0v) is 21.0. The number of anilines is 1. The van der Waals surface area contributed by atoms with Crippen LogP contribution in [-0.2, 0) is 9.59 Å². The van der Waals surface area contributed by atoms with E-state index >= 15 is 0 Å². The second-order valence-electron chi connectivity index (χ2n) is 9.03. The molecular formula is C28H30N2O5S. The maximum Gasteiger partial charge on any atom is 0.272 e. The SMILES string of the molecule is COc1ccc(N(C(=O)C2COc3ccccc3O2)C(C(=O)NC2CCCCC2)c2cccs2)cc1. The molecular weight excluding hydrogens is 476 g/mol. The molecule has 2 aliphatic rings. The molecule has 2 amide bonds. The van der Waals surface area contributed by atoms with Gasteiger partial charge in [-0.25, -0.2) is 0 Å². The number of hydrogen-bond acceptors (Lipinski definition) is 6. The summed E-state index contributed by atoms with van der Waals surface area (Å²) in [6.07, 6.45) is 4.40. The molecule has 3 aromatic rings. The fourth-order valence-electron chi connectivity index (χ4n) is 4.79. The molecule has 1 aromatic heterocycles. The van der Waals surface area contributed by atoms with Crippen LogP contribution in [0.15, 0.2) is 66.0 Å². The van der Waals surface area contributed by atoms with Crippen molar-refractivity contribution in [2.75, 3.05) is 18.6 Å². The van der Waals surface area contributed by atoms with E-state index in [1.54, 1.807) is 42.3 Å². The van der Waals surface area contributed by atoms with Gasteiger partial charge in [-0.15, -0.1) is 11.3 Å². The first-order valence-electron chi connectivity index (χ1n) is 12.3. The summed E-state index contributed by atoms with van der Waals surface area (Å²) < 4.78 is 17.2. The van der Waals surface area contributed by atoms with Crippen molar-refractivity contribution in [3.05, 3.63) is 70.9 Å². The number of amides is 2. The lowest BCUT2D eigenvalue weighted by Crippen LogP contribution is -2.52. The summed E-state index contributed by atoms with van der Waals surface area (Å²) in [5.74, 6) is 1.24. The highest BCUT2D eigenvalue weighted by atomic mass is 32.1. The van der Waals surface area contributed by atoms with Crippen molar-refractivity contribution in [2.24, 2.45) is 0 Å². The van der Waals surface area contributed by atoms with E-state index in [2.05, 4.69) is 5.32 Å². The number of carbonyl (C=O) groups excluding carboxylic acids is 2. The molecule has 0 saturated heterocycles. The van der Waals surface area contributed by atoms with Gasteiger partial charge in [0.1, 0.15) is 18.4 Å². The van der Waals surface area contributed by atoms with Crippen LogP contribution in [0.3, 0.4) is 0 Å².